The second-order valence-electron chi connectivity index (χ2n) is 5.03. The van der Waals surface area contributed by atoms with Crippen LogP contribution in [-0.4, -0.2) is 19.1 Å². The molecule has 0 saturated carbocycles. The Balaban J connectivity index is 2.12. The third kappa shape index (κ3) is 4.07. The number of amides is 2. The minimum Gasteiger partial charge on any atom is -0.465 e. The van der Waals surface area contributed by atoms with Crippen LogP contribution in [0, 0.1) is 11.6 Å². The third-order valence-corrected chi connectivity index (χ3v) is 3.36. The molecule has 0 aliphatic carbocycles. The van der Waals surface area contributed by atoms with Crippen molar-refractivity contribution in [2.24, 2.45) is 0 Å². The van der Waals surface area contributed by atoms with Crippen molar-refractivity contribution in [2.45, 2.75) is 13.0 Å². The fourth-order valence-corrected chi connectivity index (χ4v) is 2.09. The fourth-order valence-electron chi connectivity index (χ4n) is 2.09. The van der Waals surface area contributed by atoms with Crippen LogP contribution in [-0.2, 0) is 4.74 Å². The number of benzene rings is 2. The summed E-state index contributed by atoms with van der Waals surface area (Å²) in [6, 6.07) is 9.56. The maximum Gasteiger partial charge on any atom is 0.340 e. The molecule has 0 heterocycles. The monoisotopic (exact) mass is 334 g/mol. The number of esters is 1. The van der Waals surface area contributed by atoms with Crippen molar-refractivity contribution in [1.29, 1.82) is 0 Å². The minimum atomic E-state index is -1.07. The number of rotatable bonds is 4. The van der Waals surface area contributed by atoms with Crippen molar-refractivity contribution in [3.05, 3.63) is 65.2 Å². The number of halogens is 2. The lowest BCUT2D eigenvalue weighted by molar-refractivity contribution is 0.0595. The van der Waals surface area contributed by atoms with Crippen molar-refractivity contribution in [3.63, 3.8) is 0 Å². The summed E-state index contributed by atoms with van der Waals surface area (Å²) < 4.78 is 31.8. The van der Waals surface area contributed by atoms with Crippen LogP contribution in [0.15, 0.2) is 42.5 Å². The highest BCUT2D eigenvalue weighted by molar-refractivity contribution is 5.94. The van der Waals surface area contributed by atoms with Gasteiger partial charge in [-0.25, -0.2) is 18.4 Å². The summed E-state index contributed by atoms with van der Waals surface area (Å²) in [5.74, 6) is -3.03. The van der Waals surface area contributed by atoms with Gasteiger partial charge in [0.1, 0.15) is 11.6 Å². The van der Waals surface area contributed by atoms with E-state index in [0.29, 0.717) is 6.07 Å². The SMILES string of the molecule is COC(=O)c1cc(NC(=O)N[C@@H](C)c2ccccc2)c(F)cc1F. The van der Waals surface area contributed by atoms with E-state index in [1.165, 1.54) is 0 Å². The summed E-state index contributed by atoms with van der Waals surface area (Å²) in [7, 11) is 1.08. The number of nitrogens with one attached hydrogen (secondary N) is 2. The second kappa shape index (κ2) is 7.54. The highest BCUT2D eigenvalue weighted by Gasteiger charge is 2.18. The first-order valence-corrected chi connectivity index (χ1v) is 7.12. The molecule has 0 unspecified atom stereocenters. The molecule has 1 atom stereocenters. The van der Waals surface area contributed by atoms with Crippen LogP contribution in [0.1, 0.15) is 28.9 Å². The van der Waals surface area contributed by atoms with Gasteiger partial charge in [-0.15, -0.1) is 0 Å². The van der Waals surface area contributed by atoms with Gasteiger partial charge in [-0.3, -0.25) is 0 Å². The third-order valence-electron chi connectivity index (χ3n) is 3.36. The quantitative estimate of drug-likeness (QED) is 0.839. The Morgan fingerprint density at radius 2 is 1.75 bits per heavy atom. The molecule has 0 aliphatic heterocycles. The molecule has 7 heteroatoms. The summed E-state index contributed by atoms with van der Waals surface area (Å²) in [5, 5.41) is 4.88. The molecule has 0 spiro atoms. The van der Waals surface area contributed by atoms with Crippen molar-refractivity contribution in [2.75, 3.05) is 12.4 Å². The van der Waals surface area contributed by atoms with Gasteiger partial charge >= 0.3 is 12.0 Å². The number of hydrogen-bond donors (Lipinski definition) is 2. The summed E-state index contributed by atoms with van der Waals surface area (Å²) in [5.41, 5.74) is 0.0716. The smallest absolute Gasteiger partial charge is 0.340 e. The highest BCUT2D eigenvalue weighted by Crippen LogP contribution is 2.20. The van der Waals surface area contributed by atoms with Gasteiger partial charge in [0, 0.05) is 6.07 Å². The summed E-state index contributed by atoms with van der Waals surface area (Å²) >= 11 is 0. The zero-order chi connectivity index (χ0) is 17.7. The zero-order valence-corrected chi connectivity index (χ0v) is 13.1. The topological polar surface area (TPSA) is 67.4 Å². The maximum atomic E-state index is 13.8. The van der Waals surface area contributed by atoms with Gasteiger partial charge in [-0.2, -0.15) is 0 Å². The molecule has 0 bridgehead atoms. The van der Waals surface area contributed by atoms with Gasteiger partial charge in [0.2, 0.25) is 0 Å². The molecule has 0 aromatic heterocycles. The molecule has 2 rings (SSSR count). The first kappa shape index (κ1) is 17.4. The minimum absolute atomic E-state index is 0.324. The van der Waals surface area contributed by atoms with Gasteiger partial charge in [-0.1, -0.05) is 30.3 Å². The summed E-state index contributed by atoms with van der Waals surface area (Å²) in [6.07, 6.45) is 0. The molecule has 2 N–H and O–H groups in total. The molecule has 2 aromatic rings. The van der Waals surface area contributed by atoms with E-state index in [1.807, 2.05) is 30.3 Å². The van der Waals surface area contributed by atoms with Crippen LogP contribution >= 0.6 is 0 Å². The van der Waals surface area contributed by atoms with E-state index in [0.717, 1.165) is 18.7 Å². The first-order chi connectivity index (χ1) is 11.4. The molecule has 2 amide bonds. The van der Waals surface area contributed by atoms with Crippen molar-refractivity contribution in [1.82, 2.24) is 5.32 Å². The van der Waals surface area contributed by atoms with Crippen LogP contribution < -0.4 is 10.6 Å². The molecule has 126 valence electrons. The van der Waals surface area contributed by atoms with Gasteiger partial charge in [0.05, 0.1) is 24.4 Å². The average molecular weight is 334 g/mol. The number of methoxy groups -OCH3 is 1. The predicted molar refractivity (Wildman–Crippen MR) is 84.7 cm³/mol. The lowest BCUT2D eigenvalue weighted by Crippen LogP contribution is -2.31. The Morgan fingerprint density at radius 1 is 1.08 bits per heavy atom. The van der Waals surface area contributed by atoms with E-state index in [1.54, 1.807) is 6.92 Å². The molecule has 0 saturated heterocycles. The van der Waals surface area contributed by atoms with Crippen LogP contribution in [0.3, 0.4) is 0 Å². The van der Waals surface area contributed by atoms with Crippen LogP contribution in [0.5, 0.6) is 0 Å². The largest absolute Gasteiger partial charge is 0.465 e. The molecular formula is C17H16F2N2O3. The lowest BCUT2D eigenvalue weighted by Gasteiger charge is -2.15. The number of anilines is 1. The molecule has 0 radical (unpaired) electrons. The fraction of sp³-hybridized carbons (Fsp3) is 0.176. The zero-order valence-electron chi connectivity index (χ0n) is 13.1. The molecule has 5 nitrogen and oxygen atoms in total. The van der Waals surface area contributed by atoms with E-state index >= 15 is 0 Å². The van der Waals surface area contributed by atoms with Crippen LogP contribution in [0.25, 0.3) is 0 Å². The Bertz CT molecular complexity index is 751. The molecule has 2 aromatic carbocycles. The Morgan fingerprint density at radius 3 is 2.38 bits per heavy atom. The van der Waals surface area contributed by atoms with Gasteiger partial charge in [0.25, 0.3) is 0 Å². The van der Waals surface area contributed by atoms with E-state index in [2.05, 4.69) is 15.4 Å². The average Bonchev–Trinajstić information content (AvgIpc) is 2.57. The maximum absolute atomic E-state index is 13.8. The molecule has 0 fully saturated rings. The number of hydrogen-bond acceptors (Lipinski definition) is 3. The van der Waals surface area contributed by atoms with Crippen molar-refractivity contribution >= 4 is 17.7 Å². The number of carbonyl (C=O) groups excluding carboxylic acids is 2. The van der Waals surface area contributed by atoms with Gasteiger partial charge < -0.3 is 15.4 Å². The van der Waals surface area contributed by atoms with E-state index in [-0.39, 0.29) is 11.7 Å². The molecular weight excluding hydrogens is 318 g/mol. The standard InChI is InChI=1S/C17H16F2N2O3/c1-10(11-6-4-3-5-7-11)20-17(23)21-15-8-12(16(22)24-2)13(18)9-14(15)19/h3-10H,1-2H3,(H2,20,21,23)/t10-/m0/s1. The summed E-state index contributed by atoms with van der Waals surface area (Å²) in [6.45, 7) is 1.76. The second-order valence-corrected chi connectivity index (χ2v) is 5.03. The summed E-state index contributed by atoms with van der Waals surface area (Å²) in [4.78, 5) is 23.4. The van der Waals surface area contributed by atoms with E-state index in [9.17, 15) is 18.4 Å². The normalized spacial score (nSPS) is 11.5. The Kier molecular flexibility index (Phi) is 5.47. The van der Waals surface area contributed by atoms with Gasteiger partial charge in [-0.05, 0) is 18.6 Å². The van der Waals surface area contributed by atoms with E-state index in [4.69, 9.17) is 0 Å². The Hall–Kier alpha value is -2.96. The van der Waals surface area contributed by atoms with E-state index < -0.39 is 29.2 Å². The van der Waals surface area contributed by atoms with Crippen LogP contribution in [0.2, 0.25) is 0 Å². The highest BCUT2D eigenvalue weighted by atomic mass is 19.1. The number of urea groups is 1. The molecule has 0 aliphatic rings. The first-order valence-electron chi connectivity index (χ1n) is 7.12. The van der Waals surface area contributed by atoms with Crippen molar-refractivity contribution < 1.29 is 23.1 Å². The lowest BCUT2D eigenvalue weighted by atomic mass is 10.1. The van der Waals surface area contributed by atoms with Crippen LogP contribution in [0.4, 0.5) is 19.3 Å². The number of ether oxygens (including phenoxy) is 1. The van der Waals surface area contributed by atoms with Gasteiger partial charge in [0.15, 0.2) is 0 Å². The van der Waals surface area contributed by atoms with Crippen molar-refractivity contribution in [3.8, 4) is 0 Å². The predicted octanol–water partition coefficient (Wildman–Crippen LogP) is 3.63. The Labute approximate surface area is 137 Å². The molecule has 24 heavy (non-hydrogen) atoms. The number of carbonyl (C=O) groups is 2.